The summed E-state index contributed by atoms with van der Waals surface area (Å²) >= 11 is 0. The van der Waals surface area contributed by atoms with Gasteiger partial charge in [0.25, 0.3) is 0 Å². The molecule has 0 bridgehead atoms. The molecule has 0 saturated heterocycles. The molecule has 1 N–H and O–H groups in total. The van der Waals surface area contributed by atoms with Crippen LogP contribution >= 0.6 is 0 Å². The molecule has 0 unspecified atom stereocenters. The summed E-state index contributed by atoms with van der Waals surface area (Å²) in [6.07, 6.45) is 13.5. The van der Waals surface area contributed by atoms with Crippen molar-refractivity contribution in [3.05, 3.63) is 12.7 Å². The van der Waals surface area contributed by atoms with Crippen LogP contribution in [0.15, 0.2) is 12.7 Å². The van der Waals surface area contributed by atoms with Crippen molar-refractivity contribution in [1.82, 2.24) is 0 Å². The summed E-state index contributed by atoms with van der Waals surface area (Å²) in [5.41, 5.74) is 0. The standard InChI is InChI=1S/C18H34O3/c1-4-6-7-8-9-10-11-12-13-15-17(19)16(14-5-2)18(20)21-3/h5,16-17,19H,2,4,6-15H2,1,3H3/t16-,17-/m0/s1. The van der Waals surface area contributed by atoms with Crippen molar-refractivity contribution in [2.24, 2.45) is 5.92 Å². The first-order valence-electron chi connectivity index (χ1n) is 8.54. The second kappa shape index (κ2) is 14.1. The molecule has 0 spiro atoms. The predicted molar refractivity (Wildman–Crippen MR) is 88.2 cm³/mol. The van der Waals surface area contributed by atoms with Gasteiger partial charge in [-0.15, -0.1) is 6.58 Å². The molecule has 0 aliphatic carbocycles. The van der Waals surface area contributed by atoms with Crippen LogP contribution < -0.4 is 0 Å². The second-order valence-corrected chi connectivity index (χ2v) is 5.84. The summed E-state index contributed by atoms with van der Waals surface area (Å²) in [6.45, 7) is 5.87. The van der Waals surface area contributed by atoms with Crippen molar-refractivity contribution in [2.45, 2.75) is 83.7 Å². The smallest absolute Gasteiger partial charge is 0.311 e. The van der Waals surface area contributed by atoms with Crippen molar-refractivity contribution in [2.75, 3.05) is 7.11 Å². The Morgan fingerprint density at radius 2 is 1.62 bits per heavy atom. The number of allylic oxidation sites excluding steroid dienone is 1. The Morgan fingerprint density at radius 1 is 1.10 bits per heavy atom. The minimum Gasteiger partial charge on any atom is -0.469 e. The number of aliphatic hydroxyl groups excluding tert-OH is 1. The second-order valence-electron chi connectivity index (χ2n) is 5.84. The fourth-order valence-corrected chi connectivity index (χ4v) is 2.61. The lowest BCUT2D eigenvalue weighted by atomic mass is 9.94. The third-order valence-corrected chi connectivity index (χ3v) is 3.99. The van der Waals surface area contributed by atoms with E-state index in [-0.39, 0.29) is 5.97 Å². The Balaban J connectivity index is 3.65. The molecule has 0 aliphatic rings. The number of methoxy groups -OCH3 is 1. The predicted octanol–water partition coefficient (Wildman–Crippen LogP) is 4.63. The number of ether oxygens (including phenoxy) is 1. The van der Waals surface area contributed by atoms with Crippen LogP contribution in [0.2, 0.25) is 0 Å². The molecule has 0 amide bonds. The van der Waals surface area contributed by atoms with Gasteiger partial charge < -0.3 is 9.84 Å². The van der Waals surface area contributed by atoms with Crippen LogP contribution in [0.5, 0.6) is 0 Å². The highest BCUT2D eigenvalue weighted by atomic mass is 16.5. The van der Waals surface area contributed by atoms with Crippen molar-refractivity contribution < 1.29 is 14.6 Å². The summed E-state index contributed by atoms with van der Waals surface area (Å²) < 4.78 is 4.73. The maximum Gasteiger partial charge on any atom is 0.311 e. The number of carbonyl (C=O) groups is 1. The summed E-state index contributed by atoms with van der Waals surface area (Å²) in [6, 6.07) is 0. The van der Waals surface area contributed by atoms with E-state index in [2.05, 4.69) is 13.5 Å². The van der Waals surface area contributed by atoms with Crippen molar-refractivity contribution >= 4 is 5.97 Å². The Kier molecular flexibility index (Phi) is 13.6. The molecule has 2 atom stereocenters. The average Bonchev–Trinajstić information content (AvgIpc) is 2.50. The Morgan fingerprint density at radius 3 is 2.10 bits per heavy atom. The number of hydrogen-bond donors (Lipinski definition) is 1. The lowest BCUT2D eigenvalue weighted by Crippen LogP contribution is -2.28. The van der Waals surface area contributed by atoms with E-state index in [0.29, 0.717) is 12.8 Å². The largest absolute Gasteiger partial charge is 0.469 e. The molecule has 0 aromatic heterocycles. The van der Waals surface area contributed by atoms with Crippen LogP contribution in [0.1, 0.15) is 77.6 Å². The summed E-state index contributed by atoms with van der Waals surface area (Å²) in [4.78, 5) is 11.6. The monoisotopic (exact) mass is 298 g/mol. The quantitative estimate of drug-likeness (QED) is 0.289. The number of carbonyl (C=O) groups excluding carboxylic acids is 1. The Labute approximate surface area is 130 Å². The molecule has 21 heavy (non-hydrogen) atoms. The number of hydrogen-bond acceptors (Lipinski definition) is 3. The topological polar surface area (TPSA) is 46.5 Å². The molecule has 0 aliphatic heterocycles. The van der Waals surface area contributed by atoms with Gasteiger partial charge >= 0.3 is 5.97 Å². The first kappa shape index (κ1) is 20.2. The zero-order chi connectivity index (χ0) is 15.9. The average molecular weight is 298 g/mol. The van der Waals surface area contributed by atoms with Crippen LogP contribution in [0, 0.1) is 5.92 Å². The maximum atomic E-state index is 11.6. The van der Waals surface area contributed by atoms with E-state index in [1.807, 2.05) is 0 Å². The van der Waals surface area contributed by atoms with Crippen LogP contribution in [-0.4, -0.2) is 24.3 Å². The zero-order valence-corrected chi connectivity index (χ0v) is 14.0. The molecule has 3 heteroatoms. The fraction of sp³-hybridized carbons (Fsp3) is 0.833. The minimum atomic E-state index is -0.611. The van der Waals surface area contributed by atoms with E-state index >= 15 is 0 Å². The van der Waals surface area contributed by atoms with Gasteiger partial charge in [0.1, 0.15) is 0 Å². The number of unbranched alkanes of at least 4 members (excludes halogenated alkanes) is 8. The van der Waals surface area contributed by atoms with E-state index < -0.39 is 12.0 Å². The molecular formula is C18H34O3. The first-order valence-corrected chi connectivity index (χ1v) is 8.54. The van der Waals surface area contributed by atoms with Gasteiger partial charge in [-0.3, -0.25) is 4.79 Å². The lowest BCUT2D eigenvalue weighted by molar-refractivity contribution is -0.149. The molecule has 0 aromatic rings. The highest BCUT2D eigenvalue weighted by molar-refractivity contribution is 5.73. The normalized spacial score (nSPS) is 13.7. The third-order valence-electron chi connectivity index (χ3n) is 3.99. The highest BCUT2D eigenvalue weighted by Crippen LogP contribution is 2.18. The van der Waals surface area contributed by atoms with Crippen LogP contribution in [0.25, 0.3) is 0 Å². The first-order chi connectivity index (χ1) is 10.2. The van der Waals surface area contributed by atoms with Gasteiger partial charge in [0.2, 0.25) is 0 Å². The summed E-state index contributed by atoms with van der Waals surface area (Å²) in [5, 5.41) is 10.1. The van der Waals surface area contributed by atoms with E-state index in [4.69, 9.17) is 4.74 Å². The number of rotatable bonds is 14. The van der Waals surface area contributed by atoms with Gasteiger partial charge in [-0.25, -0.2) is 0 Å². The van der Waals surface area contributed by atoms with E-state index in [1.54, 1.807) is 6.08 Å². The molecule has 0 saturated carbocycles. The number of aliphatic hydroxyl groups is 1. The van der Waals surface area contributed by atoms with Gasteiger partial charge in [0.15, 0.2) is 0 Å². The van der Waals surface area contributed by atoms with Gasteiger partial charge in [0.05, 0.1) is 19.1 Å². The van der Waals surface area contributed by atoms with Crippen LogP contribution in [-0.2, 0) is 9.53 Å². The molecule has 0 heterocycles. The summed E-state index contributed by atoms with van der Waals surface area (Å²) in [7, 11) is 1.36. The fourth-order valence-electron chi connectivity index (χ4n) is 2.61. The van der Waals surface area contributed by atoms with Crippen molar-refractivity contribution in [3.63, 3.8) is 0 Å². The number of esters is 1. The minimum absolute atomic E-state index is 0.335. The lowest BCUT2D eigenvalue weighted by Gasteiger charge is -2.19. The summed E-state index contributed by atoms with van der Waals surface area (Å²) in [5.74, 6) is -0.792. The molecule has 0 aromatic carbocycles. The van der Waals surface area contributed by atoms with Crippen molar-refractivity contribution in [1.29, 1.82) is 0 Å². The van der Waals surface area contributed by atoms with E-state index in [9.17, 15) is 9.90 Å². The van der Waals surface area contributed by atoms with Crippen LogP contribution in [0.3, 0.4) is 0 Å². The third kappa shape index (κ3) is 10.5. The Hall–Kier alpha value is -0.830. The molecule has 0 radical (unpaired) electrons. The van der Waals surface area contributed by atoms with Crippen molar-refractivity contribution in [3.8, 4) is 0 Å². The highest BCUT2D eigenvalue weighted by Gasteiger charge is 2.25. The molecule has 124 valence electrons. The molecule has 0 rings (SSSR count). The van der Waals surface area contributed by atoms with E-state index in [0.717, 1.165) is 12.8 Å². The Bertz CT molecular complexity index is 263. The SMILES string of the molecule is C=CC[C@H](C(=O)OC)[C@@H](O)CCCCCCCCCCC. The van der Waals surface area contributed by atoms with Gasteiger partial charge in [-0.1, -0.05) is 70.8 Å². The van der Waals surface area contributed by atoms with Gasteiger partial charge in [-0.05, 0) is 12.8 Å². The van der Waals surface area contributed by atoms with Gasteiger partial charge in [0, 0.05) is 0 Å². The van der Waals surface area contributed by atoms with Crippen LogP contribution in [0.4, 0.5) is 0 Å². The maximum absolute atomic E-state index is 11.6. The molecule has 3 nitrogen and oxygen atoms in total. The zero-order valence-electron chi connectivity index (χ0n) is 14.0. The molecule has 0 fully saturated rings. The van der Waals surface area contributed by atoms with Gasteiger partial charge in [-0.2, -0.15) is 0 Å². The van der Waals surface area contributed by atoms with E-state index in [1.165, 1.54) is 52.1 Å². The molecular weight excluding hydrogens is 264 g/mol.